The molecule has 0 radical (unpaired) electrons. The zero-order valence-electron chi connectivity index (χ0n) is 20.5. The summed E-state index contributed by atoms with van der Waals surface area (Å²) in [6.45, 7) is 0.818. The summed E-state index contributed by atoms with van der Waals surface area (Å²) in [5, 5.41) is 3.15. The Bertz CT molecular complexity index is 1350. The van der Waals surface area contributed by atoms with E-state index in [0.29, 0.717) is 15.6 Å². The summed E-state index contributed by atoms with van der Waals surface area (Å²) >= 11 is 12.7. The number of hydrogen-bond donors (Lipinski definition) is 1. The standard InChI is InChI=1S/C26H27Cl2N3O5S/c1-18(26(33)29-2)30(16-20-21(27)12-9-13-22(20)28)25(32)17-31(23-14-7-8-15-24(23)36-3)37(34,35)19-10-5-4-6-11-19/h4-15,18H,16-17H2,1-3H3,(H,29,33). The van der Waals surface area contributed by atoms with E-state index in [1.165, 1.54) is 31.2 Å². The van der Waals surface area contributed by atoms with E-state index in [1.54, 1.807) is 67.6 Å². The van der Waals surface area contributed by atoms with E-state index in [-0.39, 0.29) is 22.9 Å². The van der Waals surface area contributed by atoms with Crippen LogP contribution in [-0.4, -0.2) is 51.9 Å². The maximum Gasteiger partial charge on any atom is 0.264 e. The minimum absolute atomic E-state index is 0.00578. The molecule has 0 aliphatic rings. The van der Waals surface area contributed by atoms with Crippen molar-refractivity contribution in [2.45, 2.75) is 24.4 Å². The fourth-order valence-corrected chi connectivity index (χ4v) is 5.68. The summed E-state index contributed by atoms with van der Waals surface area (Å²) in [4.78, 5) is 27.6. The lowest BCUT2D eigenvalue weighted by Gasteiger charge is -2.32. The van der Waals surface area contributed by atoms with Crippen molar-refractivity contribution in [1.29, 1.82) is 0 Å². The summed E-state index contributed by atoms with van der Waals surface area (Å²) < 4.78 is 33.9. The van der Waals surface area contributed by atoms with Crippen LogP contribution in [0.2, 0.25) is 10.0 Å². The van der Waals surface area contributed by atoms with E-state index >= 15 is 0 Å². The summed E-state index contributed by atoms with van der Waals surface area (Å²) in [5.41, 5.74) is 0.607. The molecule has 3 aromatic rings. The normalized spacial score (nSPS) is 11.9. The highest BCUT2D eigenvalue weighted by atomic mass is 35.5. The number of benzene rings is 3. The van der Waals surface area contributed by atoms with Crippen molar-refractivity contribution < 1.29 is 22.7 Å². The van der Waals surface area contributed by atoms with Gasteiger partial charge in [0.25, 0.3) is 10.0 Å². The van der Waals surface area contributed by atoms with Gasteiger partial charge in [-0.2, -0.15) is 0 Å². The van der Waals surface area contributed by atoms with Gasteiger partial charge in [0.1, 0.15) is 18.3 Å². The first kappa shape index (κ1) is 28.3. The Morgan fingerprint density at radius 3 is 2.14 bits per heavy atom. The Hall–Kier alpha value is -3.27. The predicted molar refractivity (Wildman–Crippen MR) is 145 cm³/mol. The van der Waals surface area contributed by atoms with Crippen molar-refractivity contribution in [2.75, 3.05) is 25.0 Å². The molecule has 0 heterocycles. The number of nitrogens with zero attached hydrogens (tertiary/aromatic N) is 2. The first-order valence-electron chi connectivity index (χ1n) is 11.3. The third-order valence-electron chi connectivity index (χ3n) is 5.77. The molecule has 8 nitrogen and oxygen atoms in total. The van der Waals surface area contributed by atoms with Gasteiger partial charge < -0.3 is 15.0 Å². The molecule has 0 bridgehead atoms. The number of methoxy groups -OCH3 is 1. The molecule has 0 spiro atoms. The van der Waals surface area contributed by atoms with Gasteiger partial charge in [-0.05, 0) is 43.3 Å². The van der Waals surface area contributed by atoms with Gasteiger partial charge in [-0.25, -0.2) is 8.42 Å². The number of carbonyl (C=O) groups excluding carboxylic acids is 2. The number of hydrogen-bond acceptors (Lipinski definition) is 5. The molecule has 0 saturated carbocycles. The van der Waals surface area contributed by atoms with E-state index in [4.69, 9.17) is 27.9 Å². The second-order valence-electron chi connectivity index (χ2n) is 8.01. The van der Waals surface area contributed by atoms with Crippen LogP contribution < -0.4 is 14.4 Å². The van der Waals surface area contributed by atoms with E-state index in [1.807, 2.05) is 0 Å². The lowest BCUT2D eigenvalue weighted by molar-refractivity contribution is -0.139. The largest absolute Gasteiger partial charge is 0.495 e. The lowest BCUT2D eigenvalue weighted by atomic mass is 10.1. The SMILES string of the molecule is CNC(=O)C(C)N(Cc1c(Cl)cccc1Cl)C(=O)CN(c1ccccc1OC)S(=O)(=O)c1ccccc1. The first-order chi connectivity index (χ1) is 17.6. The van der Waals surface area contributed by atoms with Gasteiger partial charge in [-0.3, -0.25) is 13.9 Å². The maximum atomic E-state index is 13.8. The van der Waals surface area contributed by atoms with Crippen molar-refractivity contribution in [3.05, 3.63) is 88.4 Å². The van der Waals surface area contributed by atoms with Crippen LogP contribution in [0.3, 0.4) is 0 Å². The van der Waals surface area contributed by atoms with Gasteiger partial charge in [0.15, 0.2) is 0 Å². The van der Waals surface area contributed by atoms with Crippen LogP contribution >= 0.6 is 23.2 Å². The topological polar surface area (TPSA) is 96.0 Å². The lowest BCUT2D eigenvalue weighted by Crippen LogP contribution is -2.50. The summed E-state index contributed by atoms with van der Waals surface area (Å²) in [6, 6.07) is 18.2. The number of halogens is 2. The van der Waals surface area contributed by atoms with Crippen LogP contribution in [0.25, 0.3) is 0 Å². The van der Waals surface area contributed by atoms with Crippen molar-refractivity contribution in [1.82, 2.24) is 10.2 Å². The number of rotatable bonds is 10. The number of amides is 2. The van der Waals surface area contributed by atoms with Crippen LogP contribution in [0.5, 0.6) is 5.75 Å². The Balaban J connectivity index is 2.10. The third kappa shape index (κ3) is 6.36. The Labute approximate surface area is 226 Å². The second-order valence-corrected chi connectivity index (χ2v) is 10.7. The molecule has 2 amide bonds. The number of carbonyl (C=O) groups is 2. The van der Waals surface area contributed by atoms with Crippen LogP contribution in [0.15, 0.2) is 77.7 Å². The third-order valence-corrected chi connectivity index (χ3v) is 8.25. The number of sulfonamides is 1. The zero-order valence-corrected chi connectivity index (χ0v) is 22.8. The minimum Gasteiger partial charge on any atom is -0.495 e. The van der Waals surface area contributed by atoms with E-state index in [0.717, 1.165) is 4.31 Å². The van der Waals surface area contributed by atoms with E-state index < -0.39 is 34.4 Å². The van der Waals surface area contributed by atoms with Gasteiger partial charge in [-0.15, -0.1) is 0 Å². The molecule has 3 aromatic carbocycles. The molecule has 1 atom stereocenters. The summed E-state index contributed by atoms with van der Waals surface area (Å²) in [7, 11) is -1.34. The van der Waals surface area contributed by atoms with Gasteiger partial charge in [0.05, 0.1) is 17.7 Å². The monoisotopic (exact) mass is 563 g/mol. The highest BCUT2D eigenvalue weighted by molar-refractivity contribution is 7.92. The predicted octanol–water partition coefficient (Wildman–Crippen LogP) is 4.36. The van der Waals surface area contributed by atoms with Crippen LogP contribution in [-0.2, 0) is 26.2 Å². The van der Waals surface area contributed by atoms with Gasteiger partial charge in [0, 0.05) is 29.2 Å². The molecule has 1 unspecified atom stereocenters. The summed E-state index contributed by atoms with van der Waals surface area (Å²) in [6.07, 6.45) is 0. The highest BCUT2D eigenvalue weighted by Gasteiger charge is 2.34. The molecule has 3 rings (SSSR count). The Morgan fingerprint density at radius 1 is 0.946 bits per heavy atom. The average Bonchev–Trinajstić information content (AvgIpc) is 2.91. The molecule has 0 aliphatic carbocycles. The number of ether oxygens (including phenoxy) is 1. The van der Waals surface area contributed by atoms with E-state index in [9.17, 15) is 18.0 Å². The molecule has 0 fully saturated rings. The van der Waals surface area contributed by atoms with Crippen LogP contribution in [0.4, 0.5) is 5.69 Å². The van der Waals surface area contributed by atoms with E-state index in [2.05, 4.69) is 5.32 Å². The fourth-order valence-electron chi connectivity index (χ4n) is 3.71. The van der Waals surface area contributed by atoms with Crippen LogP contribution in [0, 0.1) is 0 Å². The number of para-hydroxylation sites is 2. The molecular weight excluding hydrogens is 537 g/mol. The highest BCUT2D eigenvalue weighted by Crippen LogP contribution is 2.33. The molecule has 0 aliphatic heterocycles. The smallest absolute Gasteiger partial charge is 0.264 e. The number of anilines is 1. The molecule has 0 saturated heterocycles. The summed E-state index contributed by atoms with van der Waals surface area (Å²) in [5.74, 6) is -0.821. The van der Waals surface area contributed by atoms with Gasteiger partial charge in [-0.1, -0.05) is 59.6 Å². The van der Waals surface area contributed by atoms with Crippen molar-refractivity contribution >= 4 is 50.7 Å². The Morgan fingerprint density at radius 2 is 1.54 bits per heavy atom. The van der Waals surface area contributed by atoms with Crippen molar-refractivity contribution in [3.63, 3.8) is 0 Å². The second kappa shape index (κ2) is 12.3. The molecule has 0 aromatic heterocycles. The van der Waals surface area contributed by atoms with Gasteiger partial charge >= 0.3 is 0 Å². The first-order valence-corrected chi connectivity index (χ1v) is 13.5. The molecule has 37 heavy (non-hydrogen) atoms. The van der Waals surface area contributed by atoms with Crippen molar-refractivity contribution in [2.24, 2.45) is 0 Å². The van der Waals surface area contributed by atoms with Crippen LogP contribution in [0.1, 0.15) is 12.5 Å². The van der Waals surface area contributed by atoms with Gasteiger partial charge in [0.2, 0.25) is 11.8 Å². The molecular formula is C26H27Cl2N3O5S. The maximum absolute atomic E-state index is 13.8. The van der Waals surface area contributed by atoms with Crippen molar-refractivity contribution in [3.8, 4) is 5.75 Å². The number of likely N-dealkylation sites (N-methyl/N-ethyl adjacent to an activating group) is 1. The fraction of sp³-hybridized carbons (Fsp3) is 0.231. The molecule has 11 heteroatoms. The quantitative estimate of drug-likeness (QED) is 0.395. The minimum atomic E-state index is -4.20. The Kier molecular flexibility index (Phi) is 9.42. The molecule has 196 valence electrons. The molecule has 1 N–H and O–H groups in total. The average molecular weight is 564 g/mol. The number of nitrogens with one attached hydrogen (secondary N) is 1. The zero-order chi connectivity index (χ0) is 27.2.